The molecule has 0 heterocycles. The van der Waals surface area contributed by atoms with E-state index in [1.807, 2.05) is 0 Å². The van der Waals surface area contributed by atoms with Gasteiger partial charge in [0.25, 0.3) is 0 Å². The van der Waals surface area contributed by atoms with Crippen LogP contribution in [-0.4, -0.2) is 95.9 Å². The van der Waals surface area contributed by atoms with E-state index in [0.29, 0.717) is 38.0 Å². The van der Waals surface area contributed by atoms with Crippen LogP contribution in [-0.2, 0) is 0 Å². The summed E-state index contributed by atoms with van der Waals surface area (Å²) in [6, 6.07) is 0. The van der Waals surface area contributed by atoms with Gasteiger partial charge in [0.15, 0.2) is 0 Å². The zero-order valence-corrected chi connectivity index (χ0v) is 13.7. The highest BCUT2D eigenvalue weighted by Gasteiger charge is 2.24. The van der Waals surface area contributed by atoms with Crippen molar-refractivity contribution in [2.24, 2.45) is 11.8 Å². The molecule has 0 bridgehead atoms. The van der Waals surface area contributed by atoms with E-state index < -0.39 is 0 Å². The fraction of sp³-hybridized carbons (Fsp3) is 1.00. The van der Waals surface area contributed by atoms with Crippen molar-refractivity contribution >= 4 is 0 Å². The van der Waals surface area contributed by atoms with Gasteiger partial charge in [-0.05, 0) is 37.5 Å². The van der Waals surface area contributed by atoms with Gasteiger partial charge in [-0.2, -0.15) is 0 Å². The topological polar surface area (TPSA) is 87.4 Å². The number of aliphatic hydroxyl groups is 4. The van der Waals surface area contributed by atoms with Crippen LogP contribution in [0.2, 0.25) is 0 Å². The SMILES string of the molecule is OCCN(CCO)CC1CCC(CN(CCO)CCO)CC1. The van der Waals surface area contributed by atoms with Crippen LogP contribution >= 0.6 is 0 Å². The van der Waals surface area contributed by atoms with Crippen molar-refractivity contribution in [1.29, 1.82) is 0 Å². The van der Waals surface area contributed by atoms with Gasteiger partial charge in [0.2, 0.25) is 0 Å². The molecule has 0 radical (unpaired) electrons. The van der Waals surface area contributed by atoms with Gasteiger partial charge < -0.3 is 20.4 Å². The average molecular weight is 318 g/mol. The Balaban J connectivity index is 2.29. The summed E-state index contributed by atoms with van der Waals surface area (Å²) in [4.78, 5) is 4.30. The van der Waals surface area contributed by atoms with Crippen molar-refractivity contribution in [3.05, 3.63) is 0 Å². The van der Waals surface area contributed by atoms with Crippen LogP contribution < -0.4 is 0 Å². The van der Waals surface area contributed by atoms with Crippen molar-refractivity contribution in [2.75, 3.05) is 65.7 Å². The Hall–Kier alpha value is -0.240. The molecule has 1 aliphatic carbocycles. The van der Waals surface area contributed by atoms with Gasteiger partial charge in [0, 0.05) is 39.3 Å². The van der Waals surface area contributed by atoms with Crippen LogP contribution in [0.4, 0.5) is 0 Å². The number of rotatable bonds is 12. The highest BCUT2D eigenvalue weighted by atomic mass is 16.3. The maximum atomic E-state index is 9.07. The lowest BCUT2D eigenvalue weighted by atomic mass is 9.81. The van der Waals surface area contributed by atoms with Crippen LogP contribution in [0.5, 0.6) is 0 Å². The van der Waals surface area contributed by atoms with E-state index >= 15 is 0 Å². The molecule has 0 unspecified atom stereocenters. The summed E-state index contributed by atoms with van der Waals surface area (Å²) < 4.78 is 0. The smallest absolute Gasteiger partial charge is 0.0558 e. The van der Waals surface area contributed by atoms with Crippen LogP contribution in [0.25, 0.3) is 0 Å². The van der Waals surface area contributed by atoms with Gasteiger partial charge >= 0.3 is 0 Å². The zero-order valence-electron chi connectivity index (χ0n) is 13.7. The van der Waals surface area contributed by atoms with E-state index in [1.165, 1.54) is 25.7 Å². The van der Waals surface area contributed by atoms with E-state index in [1.54, 1.807) is 0 Å². The van der Waals surface area contributed by atoms with Gasteiger partial charge in [0.1, 0.15) is 0 Å². The minimum absolute atomic E-state index is 0.145. The maximum Gasteiger partial charge on any atom is 0.0558 e. The second-order valence-corrected chi connectivity index (χ2v) is 6.38. The van der Waals surface area contributed by atoms with Crippen molar-refractivity contribution in [3.63, 3.8) is 0 Å². The molecule has 0 aliphatic heterocycles. The van der Waals surface area contributed by atoms with Crippen molar-refractivity contribution < 1.29 is 20.4 Å². The van der Waals surface area contributed by atoms with Crippen molar-refractivity contribution in [1.82, 2.24) is 9.80 Å². The Morgan fingerprint density at radius 1 is 0.545 bits per heavy atom. The van der Waals surface area contributed by atoms with Crippen LogP contribution in [0.15, 0.2) is 0 Å². The van der Waals surface area contributed by atoms with Gasteiger partial charge in [-0.1, -0.05) is 0 Å². The number of hydrogen-bond acceptors (Lipinski definition) is 6. The van der Waals surface area contributed by atoms with Crippen molar-refractivity contribution in [3.8, 4) is 0 Å². The Morgan fingerprint density at radius 3 is 1.05 bits per heavy atom. The fourth-order valence-corrected chi connectivity index (χ4v) is 3.48. The number of nitrogens with zero attached hydrogens (tertiary/aromatic N) is 2. The van der Waals surface area contributed by atoms with E-state index in [0.717, 1.165) is 13.1 Å². The van der Waals surface area contributed by atoms with E-state index in [-0.39, 0.29) is 26.4 Å². The summed E-state index contributed by atoms with van der Waals surface area (Å²) in [5, 5.41) is 36.3. The summed E-state index contributed by atoms with van der Waals surface area (Å²) in [5.41, 5.74) is 0. The van der Waals surface area contributed by atoms with E-state index in [9.17, 15) is 0 Å². The molecule has 22 heavy (non-hydrogen) atoms. The third-order valence-corrected chi connectivity index (χ3v) is 4.66. The van der Waals surface area contributed by atoms with Gasteiger partial charge in [0.05, 0.1) is 26.4 Å². The Morgan fingerprint density at radius 2 is 0.818 bits per heavy atom. The molecule has 0 spiro atoms. The molecule has 1 fully saturated rings. The minimum atomic E-state index is 0.145. The molecule has 0 aromatic carbocycles. The summed E-state index contributed by atoms with van der Waals surface area (Å²) in [6.45, 7) is 5.07. The Kier molecular flexibility index (Phi) is 11.0. The third kappa shape index (κ3) is 7.85. The third-order valence-electron chi connectivity index (χ3n) is 4.66. The molecule has 0 aromatic heterocycles. The monoisotopic (exact) mass is 318 g/mol. The first kappa shape index (κ1) is 19.8. The fourth-order valence-electron chi connectivity index (χ4n) is 3.48. The summed E-state index contributed by atoms with van der Waals surface area (Å²) in [6.07, 6.45) is 4.74. The normalized spacial score (nSPS) is 22.6. The molecule has 132 valence electrons. The maximum absolute atomic E-state index is 9.07. The van der Waals surface area contributed by atoms with Crippen LogP contribution in [0.1, 0.15) is 25.7 Å². The predicted molar refractivity (Wildman–Crippen MR) is 86.7 cm³/mol. The first-order valence-electron chi connectivity index (χ1n) is 8.61. The predicted octanol–water partition coefficient (Wildman–Crippen LogP) is -0.634. The molecule has 4 N–H and O–H groups in total. The first-order valence-corrected chi connectivity index (χ1v) is 8.61. The Labute approximate surface area is 134 Å². The lowest BCUT2D eigenvalue weighted by Crippen LogP contribution is -2.38. The molecule has 0 atom stereocenters. The molecule has 0 saturated heterocycles. The number of aliphatic hydroxyl groups excluding tert-OH is 4. The zero-order chi connectivity index (χ0) is 16.2. The molecule has 1 rings (SSSR count). The second kappa shape index (κ2) is 12.2. The average Bonchev–Trinajstić information content (AvgIpc) is 2.50. The first-order chi connectivity index (χ1) is 10.7. The van der Waals surface area contributed by atoms with Gasteiger partial charge in [-0.15, -0.1) is 0 Å². The molecule has 0 amide bonds. The summed E-state index contributed by atoms with van der Waals surface area (Å²) in [7, 11) is 0. The van der Waals surface area contributed by atoms with Gasteiger partial charge in [-0.3, -0.25) is 9.80 Å². The summed E-state index contributed by atoms with van der Waals surface area (Å²) >= 11 is 0. The quantitative estimate of drug-likeness (QED) is 0.383. The van der Waals surface area contributed by atoms with Crippen molar-refractivity contribution in [2.45, 2.75) is 25.7 Å². The molecule has 1 saturated carbocycles. The van der Waals surface area contributed by atoms with Gasteiger partial charge in [-0.25, -0.2) is 0 Å². The standard InChI is InChI=1S/C16H34N2O4/c19-9-5-17(6-10-20)13-15-1-2-16(4-3-15)14-18(7-11-21)8-12-22/h15-16,19-22H,1-14H2. The summed E-state index contributed by atoms with van der Waals surface area (Å²) in [5.74, 6) is 1.30. The highest BCUT2D eigenvalue weighted by Crippen LogP contribution is 2.29. The van der Waals surface area contributed by atoms with Crippen LogP contribution in [0.3, 0.4) is 0 Å². The molecular weight excluding hydrogens is 284 g/mol. The molecule has 6 nitrogen and oxygen atoms in total. The minimum Gasteiger partial charge on any atom is -0.395 e. The number of hydrogen-bond donors (Lipinski definition) is 4. The second-order valence-electron chi connectivity index (χ2n) is 6.38. The molecule has 6 heteroatoms. The Bertz CT molecular complexity index is 223. The molecule has 1 aliphatic rings. The highest BCUT2D eigenvalue weighted by molar-refractivity contribution is 4.77. The van der Waals surface area contributed by atoms with E-state index in [2.05, 4.69) is 9.80 Å². The molecular formula is C16H34N2O4. The lowest BCUT2D eigenvalue weighted by Gasteiger charge is -2.34. The molecule has 0 aromatic rings. The lowest BCUT2D eigenvalue weighted by molar-refractivity contribution is 0.107. The van der Waals surface area contributed by atoms with Crippen LogP contribution in [0, 0.1) is 11.8 Å². The largest absolute Gasteiger partial charge is 0.395 e. The van der Waals surface area contributed by atoms with E-state index in [4.69, 9.17) is 20.4 Å².